The van der Waals surface area contributed by atoms with E-state index < -0.39 is 0 Å². The molecular weight excluding hydrogens is 210 g/mol. The minimum atomic E-state index is 0.909. The minimum Gasteiger partial charge on any atom is -0.320 e. The van der Waals surface area contributed by atoms with Crippen molar-refractivity contribution in [1.82, 2.24) is 15.6 Å². The van der Waals surface area contributed by atoms with E-state index in [2.05, 4.69) is 39.9 Å². The van der Waals surface area contributed by atoms with Gasteiger partial charge in [-0.1, -0.05) is 18.2 Å². The van der Waals surface area contributed by atoms with Gasteiger partial charge >= 0.3 is 0 Å². The molecule has 3 nitrogen and oxygen atoms in total. The summed E-state index contributed by atoms with van der Waals surface area (Å²) < 4.78 is 0. The molecule has 2 aromatic rings. The van der Waals surface area contributed by atoms with Gasteiger partial charge in [-0.15, -0.1) is 0 Å². The van der Waals surface area contributed by atoms with E-state index in [4.69, 9.17) is 0 Å². The van der Waals surface area contributed by atoms with Crippen LogP contribution in [0.3, 0.4) is 0 Å². The van der Waals surface area contributed by atoms with Crippen molar-refractivity contribution >= 4 is 10.9 Å². The molecule has 90 valence electrons. The molecule has 0 unspecified atom stereocenters. The molecule has 0 aliphatic heterocycles. The van der Waals surface area contributed by atoms with Crippen LogP contribution in [0.15, 0.2) is 36.5 Å². The highest BCUT2D eigenvalue weighted by Crippen LogP contribution is 2.15. The number of fused-ring (bicyclic) bond motifs is 1. The molecule has 0 aliphatic carbocycles. The number of aromatic nitrogens is 1. The first-order valence-corrected chi connectivity index (χ1v) is 6.10. The van der Waals surface area contributed by atoms with E-state index in [9.17, 15) is 0 Å². The fraction of sp³-hybridized carbons (Fsp3) is 0.357. The van der Waals surface area contributed by atoms with Crippen molar-refractivity contribution in [2.24, 2.45) is 0 Å². The summed E-state index contributed by atoms with van der Waals surface area (Å²) in [4.78, 5) is 4.36. The van der Waals surface area contributed by atoms with Gasteiger partial charge in [-0.3, -0.25) is 4.98 Å². The maximum atomic E-state index is 4.36. The van der Waals surface area contributed by atoms with E-state index in [-0.39, 0.29) is 0 Å². The van der Waals surface area contributed by atoms with Gasteiger partial charge in [0.1, 0.15) is 0 Å². The van der Waals surface area contributed by atoms with Crippen molar-refractivity contribution < 1.29 is 0 Å². The van der Waals surface area contributed by atoms with E-state index in [1.807, 2.05) is 19.3 Å². The van der Waals surface area contributed by atoms with Gasteiger partial charge in [-0.05, 0) is 44.3 Å². The number of benzene rings is 1. The van der Waals surface area contributed by atoms with Crippen molar-refractivity contribution in [3.8, 4) is 0 Å². The predicted molar refractivity (Wildman–Crippen MR) is 72.0 cm³/mol. The Bertz CT molecular complexity index is 462. The zero-order valence-corrected chi connectivity index (χ0v) is 10.2. The number of rotatable bonds is 6. The fourth-order valence-corrected chi connectivity index (χ4v) is 1.93. The first kappa shape index (κ1) is 12.0. The van der Waals surface area contributed by atoms with Crippen LogP contribution in [0.2, 0.25) is 0 Å². The molecule has 1 aromatic carbocycles. The fourth-order valence-electron chi connectivity index (χ4n) is 1.93. The van der Waals surface area contributed by atoms with Gasteiger partial charge in [0.05, 0.1) is 5.52 Å². The van der Waals surface area contributed by atoms with Crippen LogP contribution in [0.25, 0.3) is 10.9 Å². The predicted octanol–water partition coefficient (Wildman–Crippen LogP) is 1.93. The van der Waals surface area contributed by atoms with E-state index in [1.54, 1.807) is 0 Å². The van der Waals surface area contributed by atoms with E-state index in [0.717, 1.165) is 31.6 Å². The maximum absolute atomic E-state index is 4.36. The van der Waals surface area contributed by atoms with Gasteiger partial charge in [0.2, 0.25) is 0 Å². The van der Waals surface area contributed by atoms with Crippen LogP contribution in [0.5, 0.6) is 0 Å². The Kier molecular flexibility index (Phi) is 4.47. The smallest absolute Gasteiger partial charge is 0.0705 e. The Labute approximate surface area is 102 Å². The van der Waals surface area contributed by atoms with E-state index in [0.29, 0.717) is 0 Å². The van der Waals surface area contributed by atoms with Crippen LogP contribution < -0.4 is 10.6 Å². The molecule has 2 rings (SSSR count). The van der Waals surface area contributed by atoms with Crippen LogP contribution in [0, 0.1) is 0 Å². The third-order valence-corrected chi connectivity index (χ3v) is 2.83. The maximum Gasteiger partial charge on any atom is 0.0705 e. The molecule has 0 fully saturated rings. The molecule has 1 aromatic heterocycles. The average molecular weight is 229 g/mol. The monoisotopic (exact) mass is 229 g/mol. The molecule has 0 aliphatic rings. The second kappa shape index (κ2) is 6.33. The summed E-state index contributed by atoms with van der Waals surface area (Å²) in [6, 6.07) is 10.4. The Morgan fingerprint density at radius 3 is 2.94 bits per heavy atom. The summed E-state index contributed by atoms with van der Waals surface area (Å²) in [5.74, 6) is 0. The van der Waals surface area contributed by atoms with Crippen molar-refractivity contribution in [3.05, 3.63) is 42.1 Å². The number of nitrogens with zero attached hydrogens (tertiary/aromatic N) is 1. The van der Waals surface area contributed by atoms with Gasteiger partial charge in [0, 0.05) is 18.1 Å². The lowest BCUT2D eigenvalue weighted by molar-refractivity contribution is 0.627. The lowest BCUT2D eigenvalue weighted by atomic mass is 10.1. The molecule has 0 amide bonds. The summed E-state index contributed by atoms with van der Waals surface area (Å²) >= 11 is 0. The molecule has 0 saturated carbocycles. The van der Waals surface area contributed by atoms with Crippen LogP contribution in [0.1, 0.15) is 12.0 Å². The zero-order chi connectivity index (χ0) is 11.9. The summed E-state index contributed by atoms with van der Waals surface area (Å²) in [7, 11) is 1.98. The SMILES string of the molecule is CNCCCNCc1cccc2ncccc12. The van der Waals surface area contributed by atoms with Crippen molar-refractivity contribution in [1.29, 1.82) is 0 Å². The number of pyridine rings is 1. The molecule has 0 spiro atoms. The summed E-state index contributed by atoms with van der Waals surface area (Å²) in [5.41, 5.74) is 2.39. The summed E-state index contributed by atoms with van der Waals surface area (Å²) in [5, 5.41) is 7.85. The zero-order valence-electron chi connectivity index (χ0n) is 10.2. The quantitative estimate of drug-likeness (QED) is 0.743. The lowest BCUT2D eigenvalue weighted by Gasteiger charge is -2.07. The standard InChI is InChI=1S/C14H19N3/c1-15-8-4-9-16-11-12-5-2-7-14-13(12)6-3-10-17-14/h2-3,5-7,10,15-16H,4,8-9,11H2,1H3. The number of hydrogen-bond acceptors (Lipinski definition) is 3. The van der Waals surface area contributed by atoms with Crippen molar-refractivity contribution in [3.63, 3.8) is 0 Å². The highest BCUT2D eigenvalue weighted by molar-refractivity contribution is 5.81. The minimum absolute atomic E-state index is 0.909. The molecule has 0 atom stereocenters. The molecule has 0 saturated heterocycles. The third-order valence-electron chi connectivity index (χ3n) is 2.83. The second-order valence-corrected chi connectivity index (χ2v) is 4.12. The third kappa shape index (κ3) is 3.25. The van der Waals surface area contributed by atoms with Gasteiger partial charge in [-0.2, -0.15) is 0 Å². The molecule has 1 heterocycles. The normalized spacial score (nSPS) is 10.9. The van der Waals surface area contributed by atoms with E-state index in [1.165, 1.54) is 10.9 Å². The van der Waals surface area contributed by atoms with Crippen molar-refractivity contribution in [2.75, 3.05) is 20.1 Å². The molecule has 3 heteroatoms. The summed E-state index contributed by atoms with van der Waals surface area (Å²) in [6.45, 7) is 3.01. The Balaban J connectivity index is 1.98. The first-order chi connectivity index (χ1) is 8.42. The second-order valence-electron chi connectivity index (χ2n) is 4.12. The van der Waals surface area contributed by atoms with Crippen LogP contribution >= 0.6 is 0 Å². The molecule has 0 radical (unpaired) electrons. The van der Waals surface area contributed by atoms with Gasteiger partial charge < -0.3 is 10.6 Å². The first-order valence-electron chi connectivity index (χ1n) is 6.10. The Morgan fingerprint density at radius 2 is 2.06 bits per heavy atom. The average Bonchev–Trinajstić information content (AvgIpc) is 2.39. The molecular formula is C14H19N3. The Hall–Kier alpha value is -1.45. The summed E-state index contributed by atoms with van der Waals surface area (Å²) in [6.07, 6.45) is 2.99. The Morgan fingerprint density at radius 1 is 1.12 bits per heavy atom. The highest BCUT2D eigenvalue weighted by Gasteiger charge is 1.99. The van der Waals surface area contributed by atoms with Gasteiger partial charge in [0.15, 0.2) is 0 Å². The van der Waals surface area contributed by atoms with Gasteiger partial charge in [0.25, 0.3) is 0 Å². The lowest BCUT2D eigenvalue weighted by Crippen LogP contribution is -2.19. The van der Waals surface area contributed by atoms with Gasteiger partial charge in [-0.25, -0.2) is 0 Å². The van der Waals surface area contributed by atoms with Crippen LogP contribution in [-0.2, 0) is 6.54 Å². The number of nitrogens with one attached hydrogen (secondary N) is 2. The molecule has 17 heavy (non-hydrogen) atoms. The molecule has 2 N–H and O–H groups in total. The largest absolute Gasteiger partial charge is 0.320 e. The van der Waals surface area contributed by atoms with Crippen LogP contribution in [0.4, 0.5) is 0 Å². The van der Waals surface area contributed by atoms with Crippen LogP contribution in [-0.4, -0.2) is 25.1 Å². The number of hydrogen-bond donors (Lipinski definition) is 2. The van der Waals surface area contributed by atoms with Crippen molar-refractivity contribution in [2.45, 2.75) is 13.0 Å². The topological polar surface area (TPSA) is 37.0 Å². The highest BCUT2D eigenvalue weighted by atomic mass is 14.9. The van der Waals surface area contributed by atoms with E-state index >= 15 is 0 Å². The molecule has 0 bridgehead atoms.